The number of nitrogens with one attached hydrogen (secondary N) is 1. The van der Waals surface area contributed by atoms with Crippen LogP contribution in [-0.2, 0) is 4.74 Å². The van der Waals surface area contributed by atoms with Crippen LogP contribution in [0.2, 0.25) is 0 Å². The van der Waals surface area contributed by atoms with Crippen LogP contribution >= 0.6 is 0 Å². The molecule has 100 valence electrons. The van der Waals surface area contributed by atoms with Crippen LogP contribution < -0.4 is 5.32 Å². The van der Waals surface area contributed by atoms with Crippen molar-refractivity contribution in [1.29, 1.82) is 0 Å². The van der Waals surface area contributed by atoms with Crippen molar-refractivity contribution in [2.75, 3.05) is 27.2 Å². The molecule has 0 radical (unpaired) electrons. The van der Waals surface area contributed by atoms with Crippen LogP contribution in [0.15, 0.2) is 0 Å². The summed E-state index contributed by atoms with van der Waals surface area (Å²) in [5.74, 6) is 0. The molecule has 2 fully saturated rings. The van der Waals surface area contributed by atoms with Crippen molar-refractivity contribution < 1.29 is 4.74 Å². The van der Waals surface area contributed by atoms with Crippen molar-refractivity contribution in [2.45, 2.75) is 63.1 Å². The third kappa shape index (κ3) is 3.94. The number of likely N-dealkylation sites (N-methyl/N-ethyl adjacent to an activating group) is 1. The fourth-order valence-electron chi connectivity index (χ4n) is 3.23. The maximum Gasteiger partial charge on any atom is 0.0702 e. The maximum absolute atomic E-state index is 5.83. The first kappa shape index (κ1) is 13.3. The molecule has 0 spiro atoms. The Hall–Kier alpha value is -0.120. The Morgan fingerprint density at radius 3 is 2.47 bits per heavy atom. The first-order valence-corrected chi connectivity index (χ1v) is 7.28. The largest absolute Gasteiger partial charge is 0.377 e. The molecular weight excluding hydrogens is 212 g/mol. The molecule has 1 saturated carbocycles. The Morgan fingerprint density at radius 1 is 1.12 bits per heavy atom. The second-order valence-corrected chi connectivity index (χ2v) is 5.72. The van der Waals surface area contributed by atoms with E-state index < -0.39 is 0 Å². The number of rotatable bonds is 4. The van der Waals surface area contributed by atoms with Gasteiger partial charge in [-0.15, -0.1) is 0 Å². The normalized spacial score (nSPS) is 35.1. The Labute approximate surface area is 106 Å². The molecule has 1 heterocycles. The number of nitrogens with zero attached hydrogens (tertiary/aromatic N) is 1. The van der Waals surface area contributed by atoms with E-state index >= 15 is 0 Å². The summed E-state index contributed by atoms with van der Waals surface area (Å²) in [4.78, 5) is 2.54. The summed E-state index contributed by atoms with van der Waals surface area (Å²) in [6, 6.07) is 1.54. The SMILES string of the molecule is CNC1CCC(N(C)CC2CCCCO2)CC1. The summed E-state index contributed by atoms with van der Waals surface area (Å²) in [6.07, 6.45) is 9.71. The molecule has 1 N–H and O–H groups in total. The van der Waals surface area contributed by atoms with Crippen LogP contribution in [0.25, 0.3) is 0 Å². The number of hydrogen-bond donors (Lipinski definition) is 1. The topological polar surface area (TPSA) is 24.5 Å². The van der Waals surface area contributed by atoms with Gasteiger partial charge in [0.05, 0.1) is 6.10 Å². The lowest BCUT2D eigenvalue weighted by atomic mass is 9.90. The molecule has 3 heteroatoms. The van der Waals surface area contributed by atoms with Gasteiger partial charge < -0.3 is 15.0 Å². The third-order valence-electron chi connectivity index (χ3n) is 4.49. The maximum atomic E-state index is 5.83. The standard InChI is InChI=1S/C14H28N2O/c1-15-12-6-8-13(9-7-12)16(2)11-14-5-3-4-10-17-14/h12-15H,3-11H2,1-2H3. The molecule has 17 heavy (non-hydrogen) atoms. The van der Waals surface area contributed by atoms with Crippen molar-refractivity contribution in [2.24, 2.45) is 0 Å². The first-order chi connectivity index (χ1) is 8.29. The monoisotopic (exact) mass is 240 g/mol. The lowest BCUT2D eigenvalue weighted by Gasteiger charge is -2.37. The van der Waals surface area contributed by atoms with Gasteiger partial charge in [-0.2, -0.15) is 0 Å². The molecule has 1 aliphatic heterocycles. The molecular formula is C14H28N2O. The van der Waals surface area contributed by atoms with Crippen molar-refractivity contribution in [3.63, 3.8) is 0 Å². The highest BCUT2D eigenvalue weighted by molar-refractivity contribution is 4.82. The Morgan fingerprint density at radius 2 is 1.88 bits per heavy atom. The molecule has 0 amide bonds. The van der Waals surface area contributed by atoms with Gasteiger partial charge in [-0.1, -0.05) is 0 Å². The van der Waals surface area contributed by atoms with Crippen molar-refractivity contribution >= 4 is 0 Å². The van der Waals surface area contributed by atoms with Crippen molar-refractivity contribution in [1.82, 2.24) is 10.2 Å². The quantitative estimate of drug-likeness (QED) is 0.813. The van der Waals surface area contributed by atoms with Crippen LogP contribution in [0, 0.1) is 0 Å². The number of hydrogen-bond acceptors (Lipinski definition) is 3. The van der Waals surface area contributed by atoms with Crippen LogP contribution in [0.3, 0.4) is 0 Å². The minimum atomic E-state index is 0.496. The van der Waals surface area contributed by atoms with Gasteiger partial charge in [-0.3, -0.25) is 0 Å². The molecule has 0 aromatic carbocycles. The van der Waals surface area contributed by atoms with E-state index in [9.17, 15) is 0 Å². The van der Waals surface area contributed by atoms with Crippen LogP contribution in [0.4, 0.5) is 0 Å². The van der Waals surface area contributed by atoms with E-state index in [-0.39, 0.29) is 0 Å². The molecule has 1 atom stereocenters. The van der Waals surface area contributed by atoms with Gasteiger partial charge >= 0.3 is 0 Å². The Kier molecular flexibility index (Phi) is 5.26. The Bertz CT molecular complexity index is 208. The highest BCUT2D eigenvalue weighted by Crippen LogP contribution is 2.23. The van der Waals surface area contributed by atoms with E-state index in [4.69, 9.17) is 4.74 Å². The molecule has 2 aliphatic rings. The van der Waals surface area contributed by atoms with E-state index in [1.165, 1.54) is 44.9 Å². The lowest BCUT2D eigenvalue weighted by Crippen LogP contribution is -2.43. The Balaban J connectivity index is 1.70. The van der Waals surface area contributed by atoms with Gasteiger partial charge in [0.1, 0.15) is 0 Å². The molecule has 2 rings (SSSR count). The molecule has 0 bridgehead atoms. The average Bonchev–Trinajstić information content (AvgIpc) is 2.40. The summed E-state index contributed by atoms with van der Waals surface area (Å²) < 4.78 is 5.83. The molecule has 1 unspecified atom stereocenters. The lowest BCUT2D eigenvalue weighted by molar-refractivity contribution is -0.0114. The molecule has 0 aromatic heterocycles. The molecule has 1 aliphatic carbocycles. The van der Waals surface area contributed by atoms with Gasteiger partial charge in [-0.25, -0.2) is 0 Å². The second kappa shape index (κ2) is 6.72. The highest BCUT2D eigenvalue weighted by Gasteiger charge is 2.25. The fourth-order valence-corrected chi connectivity index (χ4v) is 3.23. The number of ether oxygens (including phenoxy) is 1. The summed E-state index contributed by atoms with van der Waals surface area (Å²) >= 11 is 0. The van der Waals surface area contributed by atoms with Crippen molar-refractivity contribution in [3.05, 3.63) is 0 Å². The minimum Gasteiger partial charge on any atom is -0.377 e. The van der Waals surface area contributed by atoms with E-state index in [1.54, 1.807) is 0 Å². The highest BCUT2D eigenvalue weighted by atomic mass is 16.5. The summed E-state index contributed by atoms with van der Waals surface area (Å²) in [6.45, 7) is 2.11. The van der Waals surface area contributed by atoms with Crippen LogP contribution in [-0.4, -0.2) is 50.3 Å². The summed E-state index contributed by atoms with van der Waals surface area (Å²) in [7, 11) is 4.37. The first-order valence-electron chi connectivity index (χ1n) is 7.28. The van der Waals surface area contributed by atoms with Gasteiger partial charge in [0, 0.05) is 25.2 Å². The average molecular weight is 240 g/mol. The van der Waals surface area contributed by atoms with Crippen LogP contribution in [0.1, 0.15) is 44.9 Å². The zero-order valence-electron chi connectivity index (χ0n) is 11.5. The van der Waals surface area contributed by atoms with Gasteiger partial charge in [0.25, 0.3) is 0 Å². The summed E-state index contributed by atoms with van der Waals surface area (Å²) in [5, 5.41) is 3.40. The van der Waals surface area contributed by atoms with E-state index in [1.807, 2.05) is 0 Å². The minimum absolute atomic E-state index is 0.496. The molecule has 3 nitrogen and oxygen atoms in total. The smallest absolute Gasteiger partial charge is 0.0702 e. The van der Waals surface area contributed by atoms with Crippen molar-refractivity contribution in [3.8, 4) is 0 Å². The van der Waals surface area contributed by atoms with E-state index in [2.05, 4.69) is 24.3 Å². The predicted octanol–water partition coefficient (Wildman–Crippen LogP) is 2.02. The fraction of sp³-hybridized carbons (Fsp3) is 1.00. The van der Waals surface area contributed by atoms with Gasteiger partial charge in [-0.05, 0) is 59.0 Å². The second-order valence-electron chi connectivity index (χ2n) is 5.72. The van der Waals surface area contributed by atoms with E-state index in [0.717, 1.165) is 25.2 Å². The molecule has 0 aromatic rings. The zero-order chi connectivity index (χ0) is 12.1. The van der Waals surface area contributed by atoms with E-state index in [0.29, 0.717) is 6.10 Å². The zero-order valence-corrected chi connectivity index (χ0v) is 11.5. The molecule has 1 saturated heterocycles. The van der Waals surface area contributed by atoms with Gasteiger partial charge in [0.15, 0.2) is 0 Å². The predicted molar refractivity (Wildman–Crippen MR) is 71.3 cm³/mol. The van der Waals surface area contributed by atoms with Gasteiger partial charge in [0.2, 0.25) is 0 Å². The third-order valence-corrected chi connectivity index (χ3v) is 4.49. The summed E-state index contributed by atoms with van der Waals surface area (Å²) in [5.41, 5.74) is 0. The van der Waals surface area contributed by atoms with Crippen LogP contribution in [0.5, 0.6) is 0 Å².